The number of thiophene rings is 1. The Kier molecular flexibility index (Phi) is 7.94. The summed E-state index contributed by atoms with van der Waals surface area (Å²) in [5.74, 6) is 0.0193. The van der Waals surface area contributed by atoms with Gasteiger partial charge in [-0.25, -0.2) is 0 Å². The third-order valence-electron chi connectivity index (χ3n) is 6.59. The lowest BCUT2D eigenvalue weighted by molar-refractivity contribution is 0.00347. The number of amides is 1. The van der Waals surface area contributed by atoms with Crippen molar-refractivity contribution in [1.29, 1.82) is 0 Å². The molecular weight excluding hydrogens is 511 g/mol. The van der Waals surface area contributed by atoms with E-state index in [-0.39, 0.29) is 12.0 Å². The fourth-order valence-corrected chi connectivity index (χ4v) is 6.20. The molecule has 5 rings (SSSR count). The first kappa shape index (κ1) is 25.2. The smallest absolute Gasteiger partial charge is 0.265 e. The van der Waals surface area contributed by atoms with Crippen LogP contribution in [0.2, 0.25) is 10.0 Å². The highest BCUT2D eigenvalue weighted by atomic mass is 35.5. The van der Waals surface area contributed by atoms with Gasteiger partial charge >= 0.3 is 0 Å². The summed E-state index contributed by atoms with van der Waals surface area (Å²) in [7, 11) is 0. The lowest BCUT2D eigenvalue weighted by atomic mass is 10.1. The van der Waals surface area contributed by atoms with Crippen LogP contribution in [0.25, 0.3) is 10.1 Å². The fraction of sp³-hybridized carbons (Fsp3) is 0.276. The molecule has 1 saturated heterocycles. The normalized spacial score (nSPS) is 15.4. The third-order valence-corrected chi connectivity index (χ3v) is 8.50. The first-order valence-corrected chi connectivity index (χ1v) is 13.7. The molecule has 1 unspecified atom stereocenters. The average molecular weight is 540 g/mol. The van der Waals surface area contributed by atoms with Crippen LogP contribution in [0.4, 0.5) is 0 Å². The number of ether oxygens (including phenoxy) is 1. The molecule has 1 fully saturated rings. The standard InChI is InChI=1S/C29H28Cl2N2O2S/c1-20-5-4-6-21(17-20)19-35-25(22-9-11-23(30)12-10-22)18-32-13-15-33(16-14-32)29(34)28-27(31)24-7-2-3-8-26(24)36-28/h2-12,17,25H,13-16,18-19H2,1H3. The molecule has 1 atom stereocenters. The van der Waals surface area contributed by atoms with Crippen LogP contribution in [-0.2, 0) is 11.3 Å². The van der Waals surface area contributed by atoms with E-state index in [1.165, 1.54) is 16.9 Å². The molecule has 0 bridgehead atoms. The van der Waals surface area contributed by atoms with Gasteiger partial charge in [0.05, 0.1) is 17.7 Å². The summed E-state index contributed by atoms with van der Waals surface area (Å²) in [6.07, 6.45) is -0.0953. The van der Waals surface area contributed by atoms with E-state index in [4.69, 9.17) is 27.9 Å². The number of fused-ring (bicyclic) bond motifs is 1. The zero-order valence-corrected chi connectivity index (χ0v) is 22.5. The van der Waals surface area contributed by atoms with Crippen molar-refractivity contribution in [2.24, 2.45) is 0 Å². The summed E-state index contributed by atoms with van der Waals surface area (Å²) in [5, 5.41) is 2.22. The maximum absolute atomic E-state index is 13.3. The molecule has 0 N–H and O–H groups in total. The Morgan fingerprint density at radius 1 is 0.972 bits per heavy atom. The van der Waals surface area contributed by atoms with E-state index in [0.717, 1.165) is 40.8 Å². The molecule has 0 spiro atoms. The first-order valence-electron chi connectivity index (χ1n) is 12.1. The van der Waals surface area contributed by atoms with Crippen molar-refractivity contribution < 1.29 is 9.53 Å². The quantitative estimate of drug-likeness (QED) is 0.248. The van der Waals surface area contributed by atoms with Crippen molar-refractivity contribution in [3.05, 3.63) is 104 Å². The van der Waals surface area contributed by atoms with E-state index in [1.54, 1.807) is 0 Å². The maximum atomic E-state index is 13.3. The van der Waals surface area contributed by atoms with Crippen molar-refractivity contribution in [2.45, 2.75) is 19.6 Å². The molecule has 0 radical (unpaired) electrons. The summed E-state index contributed by atoms with van der Waals surface area (Å²) >= 11 is 14.2. The van der Waals surface area contributed by atoms with Crippen LogP contribution in [0, 0.1) is 6.92 Å². The van der Waals surface area contributed by atoms with E-state index in [1.807, 2.05) is 53.4 Å². The number of carbonyl (C=O) groups excluding carboxylic acids is 1. The zero-order chi connectivity index (χ0) is 25.1. The number of piperazine rings is 1. The zero-order valence-electron chi connectivity index (χ0n) is 20.1. The average Bonchev–Trinajstić information content (AvgIpc) is 3.23. The van der Waals surface area contributed by atoms with Gasteiger partial charge in [0, 0.05) is 47.8 Å². The van der Waals surface area contributed by atoms with Crippen LogP contribution in [0.5, 0.6) is 0 Å². The topological polar surface area (TPSA) is 32.8 Å². The molecule has 1 aromatic heterocycles. The minimum absolute atomic E-state index is 0.0193. The van der Waals surface area contributed by atoms with Gasteiger partial charge in [-0.05, 0) is 36.2 Å². The molecule has 0 saturated carbocycles. The first-order chi connectivity index (χ1) is 17.5. The molecule has 1 aliphatic rings. The Balaban J connectivity index is 1.24. The number of nitrogens with zero attached hydrogens (tertiary/aromatic N) is 2. The van der Waals surface area contributed by atoms with Crippen molar-refractivity contribution in [1.82, 2.24) is 9.80 Å². The Hall–Kier alpha value is -2.41. The van der Waals surface area contributed by atoms with Crippen molar-refractivity contribution in [3.63, 3.8) is 0 Å². The predicted octanol–water partition coefficient (Wildman–Crippen LogP) is 7.23. The molecule has 4 nitrogen and oxygen atoms in total. The minimum Gasteiger partial charge on any atom is -0.368 e. The minimum atomic E-state index is -0.0953. The van der Waals surface area contributed by atoms with Gasteiger partial charge in [0.25, 0.3) is 5.91 Å². The molecule has 186 valence electrons. The van der Waals surface area contributed by atoms with Gasteiger partial charge in [-0.2, -0.15) is 0 Å². The number of aryl methyl sites for hydroxylation is 1. The molecular formula is C29H28Cl2N2O2S. The van der Waals surface area contributed by atoms with Gasteiger partial charge in [-0.1, -0.05) is 83.4 Å². The highest BCUT2D eigenvalue weighted by molar-refractivity contribution is 7.21. The lowest BCUT2D eigenvalue weighted by Crippen LogP contribution is -2.49. The second-order valence-electron chi connectivity index (χ2n) is 9.17. The van der Waals surface area contributed by atoms with E-state index < -0.39 is 0 Å². The second kappa shape index (κ2) is 11.3. The number of rotatable bonds is 7. The molecule has 1 amide bonds. The van der Waals surface area contributed by atoms with Crippen molar-refractivity contribution >= 4 is 50.5 Å². The predicted molar refractivity (Wildman–Crippen MR) is 149 cm³/mol. The molecule has 36 heavy (non-hydrogen) atoms. The molecule has 2 heterocycles. The monoisotopic (exact) mass is 538 g/mol. The highest BCUT2D eigenvalue weighted by Crippen LogP contribution is 2.36. The van der Waals surface area contributed by atoms with Crippen LogP contribution >= 0.6 is 34.5 Å². The fourth-order valence-electron chi connectivity index (χ4n) is 4.59. The number of hydrogen-bond acceptors (Lipinski definition) is 4. The van der Waals surface area contributed by atoms with Gasteiger partial charge < -0.3 is 9.64 Å². The number of carbonyl (C=O) groups is 1. The molecule has 1 aliphatic heterocycles. The van der Waals surface area contributed by atoms with Crippen LogP contribution in [-0.4, -0.2) is 48.4 Å². The summed E-state index contributed by atoms with van der Waals surface area (Å²) in [6, 6.07) is 24.2. The van der Waals surface area contributed by atoms with E-state index in [9.17, 15) is 4.79 Å². The Labute approximate surface area is 226 Å². The van der Waals surface area contributed by atoms with Crippen molar-refractivity contribution in [3.8, 4) is 0 Å². The lowest BCUT2D eigenvalue weighted by Gasteiger charge is -2.36. The SMILES string of the molecule is Cc1cccc(COC(CN2CCN(C(=O)c3sc4ccccc4c3Cl)CC2)c2ccc(Cl)cc2)c1. The summed E-state index contributed by atoms with van der Waals surface area (Å²) in [4.78, 5) is 18.2. The van der Waals surface area contributed by atoms with Crippen LogP contribution in [0.1, 0.15) is 32.5 Å². The summed E-state index contributed by atoms with van der Waals surface area (Å²) < 4.78 is 7.47. The number of halogens is 2. The van der Waals surface area contributed by atoms with Gasteiger partial charge in [-0.3, -0.25) is 9.69 Å². The van der Waals surface area contributed by atoms with E-state index in [0.29, 0.717) is 34.6 Å². The van der Waals surface area contributed by atoms with Crippen molar-refractivity contribution in [2.75, 3.05) is 32.7 Å². The van der Waals surface area contributed by atoms with Gasteiger partial charge in [-0.15, -0.1) is 11.3 Å². The second-order valence-corrected chi connectivity index (χ2v) is 11.0. The van der Waals surface area contributed by atoms with Crippen LogP contribution in [0.3, 0.4) is 0 Å². The van der Waals surface area contributed by atoms with Gasteiger partial charge in [0.1, 0.15) is 4.88 Å². The van der Waals surface area contributed by atoms with Crippen LogP contribution < -0.4 is 0 Å². The summed E-state index contributed by atoms with van der Waals surface area (Å²) in [6.45, 7) is 6.27. The highest BCUT2D eigenvalue weighted by Gasteiger charge is 2.27. The Morgan fingerprint density at radius 2 is 1.72 bits per heavy atom. The maximum Gasteiger partial charge on any atom is 0.265 e. The van der Waals surface area contributed by atoms with Gasteiger partial charge in [0.2, 0.25) is 0 Å². The van der Waals surface area contributed by atoms with E-state index >= 15 is 0 Å². The number of hydrogen-bond donors (Lipinski definition) is 0. The molecule has 4 aromatic rings. The molecule has 7 heteroatoms. The largest absolute Gasteiger partial charge is 0.368 e. The Morgan fingerprint density at radius 3 is 2.44 bits per heavy atom. The third kappa shape index (κ3) is 5.77. The van der Waals surface area contributed by atoms with Crippen LogP contribution in [0.15, 0.2) is 72.8 Å². The molecule has 3 aromatic carbocycles. The number of benzene rings is 3. The summed E-state index contributed by atoms with van der Waals surface area (Å²) in [5.41, 5.74) is 3.48. The van der Waals surface area contributed by atoms with E-state index in [2.05, 4.69) is 36.1 Å². The van der Waals surface area contributed by atoms with Gasteiger partial charge in [0.15, 0.2) is 0 Å². The molecule has 0 aliphatic carbocycles. The Bertz CT molecular complexity index is 1350.